The van der Waals surface area contributed by atoms with Gasteiger partial charge in [-0.05, 0) is 36.8 Å². The first-order valence-corrected chi connectivity index (χ1v) is 6.54. The molecule has 0 radical (unpaired) electrons. The van der Waals surface area contributed by atoms with Gasteiger partial charge in [0.25, 0.3) is 0 Å². The summed E-state index contributed by atoms with van der Waals surface area (Å²) in [6.45, 7) is 1.87. The van der Waals surface area contributed by atoms with Gasteiger partial charge in [0, 0.05) is 10.6 Å². The van der Waals surface area contributed by atoms with E-state index in [9.17, 15) is 4.79 Å². The standard InChI is InChI=1S/C16H15ClO3/c1-11-6-7-13(17)9-16(11)20-10-15(18)12-4-3-5-14(8-12)19-2/h3-9H,10H2,1-2H3. The zero-order valence-electron chi connectivity index (χ0n) is 11.4. The van der Waals surface area contributed by atoms with E-state index in [1.807, 2.05) is 13.0 Å². The van der Waals surface area contributed by atoms with Gasteiger partial charge >= 0.3 is 0 Å². The van der Waals surface area contributed by atoms with Crippen LogP contribution in [-0.2, 0) is 0 Å². The lowest BCUT2D eigenvalue weighted by atomic mass is 10.1. The van der Waals surface area contributed by atoms with Gasteiger partial charge in [0.1, 0.15) is 11.5 Å². The first-order valence-electron chi connectivity index (χ1n) is 6.16. The van der Waals surface area contributed by atoms with Gasteiger partial charge in [-0.25, -0.2) is 0 Å². The summed E-state index contributed by atoms with van der Waals surface area (Å²) in [6.07, 6.45) is 0. The molecule has 4 heteroatoms. The molecule has 2 aromatic rings. The van der Waals surface area contributed by atoms with Crippen LogP contribution in [0.4, 0.5) is 0 Å². The van der Waals surface area contributed by atoms with Crippen molar-refractivity contribution in [3.63, 3.8) is 0 Å². The molecule has 3 nitrogen and oxygen atoms in total. The number of methoxy groups -OCH3 is 1. The lowest BCUT2D eigenvalue weighted by molar-refractivity contribution is 0.0921. The van der Waals surface area contributed by atoms with Crippen molar-refractivity contribution in [3.05, 3.63) is 58.6 Å². The SMILES string of the molecule is COc1cccc(C(=O)COc2cc(Cl)ccc2C)c1. The number of halogens is 1. The third-order valence-corrected chi connectivity index (χ3v) is 3.14. The first-order chi connectivity index (χ1) is 9.60. The third kappa shape index (κ3) is 3.52. The Hall–Kier alpha value is -2.00. The number of Topliss-reactive ketones (excluding diaryl/α,β-unsaturated/α-hetero) is 1. The maximum absolute atomic E-state index is 12.1. The zero-order valence-corrected chi connectivity index (χ0v) is 12.1. The number of ketones is 1. The molecule has 0 N–H and O–H groups in total. The van der Waals surface area contributed by atoms with Crippen LogP contribution in [0.1, 0.15) is 15.9 Å². The average molecular weight is 291 g/mol. The van der Waals surface area contributed by atoms with E-state index in [4.69, 9.17) is 21.1 Å². The minimum atomic E-state index is -0.108. The predicted octanol–water partition coefficient (Wildman–Crippen LogP) is 3.92. The first kappa shape index (κ1) is 14.4. The molecule has 0 fully saturated rings. The highest BCUT2D eigenvalue weighted by Gasteiger charge is 2.09. The van der Waals surface area contributed by atoms with Crippen LogP contribution in [0.2, 0.25) is 5.02 Å². The normalized spacial score (nSPS) is 10.2. The summed E-state index contributed by atoms with van der Waals surface area (Å²) >= 11 is 5.91. The lowest BCUT2D eigenvalue weighted by Gasteiger charge is -2.09. The lowest BCUT2D eigenvalue weighted by Crippen LogP contribution is -2.12. The Kier molecular flexibility index (Phi) is 4.64. The van der Waals surface area contributed by atoms with Gasteiger partial charge < -0.3 is 9.47 Å². The fraction of sp³-hybridized carbons (Fsp3) is 0.188. The molecule has 20 heavy (non-hydrogen) atoms. The average Bonchev–Trinajstić information content (AvgIpc) is 2.48. The quantitative estimate of drug-likeness (QED) is 0.783. The third-order valence-electron chi connectivity index (χ3n) is 2.90. The molecule has 0 aromatic heterocycles. The van der Waals surface area contributed by atoms with Gasteiger partial charge in [-0.1, -0.05) is 29.8 Å². The molecule has 0 saturated carbocycles. The minimum absolute atomic E-state index is 0.0334. The summed E-state index contributed by atoms with van der Waals surface area (Å²) in [5.74, 6) is 1.16. The minimum Gasteiger partial charge on any atom is -0.497 e. The number of carbonyl (C=O) groups is 1. The van der Waals surface area contributed by atoms with E-state index in [1.165, 1.54) is 0 Å². The number of aryl methyl sites for hydroxylation is 1. The smallest absolute Gasteiger partial charge is 0.200 e. The number of hydrogen-bond donors (Lipinski definition) is 0. The molecule has 0 aliphatic rings. The van der Waals surface area contributed by atoms with Crippen molar-refractivity contribution in [3.8, 4) is 11.5 Å². The van der Waals surface area contributed by atoms with Gasteiger partial charge in [-0.3, -0.25) is 4.79 Å². The number of ether oxygens (including phenoxy) is 2. The molecule has 0 unspecified atom stereocenters. The molecular formula is C16H15ClO3. The van der Waals surface area contributed by atoms with E-state index in [0.29, 0.717) is 22.1 Å². The van der Waals surface area contributed by atoms with Gasteiger partial charge in [-0.15, -0.1) is 0 Å². The Labute approximate surface area is 123 Å². The largest absolute Gasteiger partial charge is 0.497 e. The van der Waals surface area contributed by atoms with Crippen LogP contribution in [0.3, 0.4) is 0 Å². The Morgan fingerprint density at radius 3 is 2.75 bits per heavy atom. The van der Waals surface area contributed by atoms with E-state index in [-0.39, 0.29) is 12.4 Å². The maximum Gasteiger partial charge on any atom is 0.200 e. The van der Waals surface area contributed by atoms with Crippen molar-refractivity contribution < 1.29 is 14.3 Å². The highest BCUT2D eigenvalue weighted by molar-refractivity contribution is 6.30. The number of carbonyl (C=O) groups excluding carboxylic acids is 1. The van der Waals surface area contributed by atoms with Crippen LogP contribution in [-0.4, -0.2) is 19.5 Å². The van der Waals surface area contributed by atoms with E-state index in [1.54, 1.807) is 43.5 Å². The van der Waals surface area contributed by atoms with Crippen molar-refractivity contribution in [2.75, 3.05) is 13.7 Å². The van der Waals surface area contributed by atoms with Crippen LogP contribution in [0.15, 0.2) is 42.5 Å². The fourth-order valence-corrected chi connectivity index (χ4v) is 1.91. The number of benzene rings is 2. The maximum atomic E-state index is 12.1. The van der Waals surface area contributed by atoms with Gasteiger partial charge in [0.2, 0.25) is 0 Å². The van der Waals surface area contributed by atoms with E-state index in [0.717, 1.165) is 5.56 Å². The molecule has 2 aromatic carbocycles. The Bertz CT molecular complexity index is 623. The van der Waals surface area contributed by atoms with Crippen molar-refractivity contribution >= 4 is 17.4 Å². The van der Waals surface area contributed by atoms with E-state index >= 15 is 0 Å². The molecule has 104 valence electrons. The van der Waals surface area contributed by atoms with Crippen LogP contribution in [0.25, 0.3) is 0 Å². The summed E-state index contributed by atoms with van der Waals surface area (Å²) in [6, 6.07) is 12.3. The van der Waals surface area contributed by atoms with E-state index < -0.39 is 0 Å². The molecule has 0 saturated heterocycles. The fourth-order valence-electron chi connectivity index (χ4n) is 1.75. The molecule has 0 amide bonds. The zero-order chi connectivity index (χ0) is 14.5. The van der Waals surface area contributed by atoms with Crippen LogP contribution in [0, 0.1) is 6.92 Å². The summed E-state index contributed by atoms with van der Waals surface area (Å²) in [5.41, 5.74) is 1.50. The van der Waals surface area contributed by atoms with E-state index in [2.05, 4.69) is 0 Å². The second-order valence-electron chi connectivity index (χ2n) is 4.35. The summed E-state index contributed by atoms with van der Waals surface area (Å²) in [5, 5.41) is 0.583. The molecule has 0 aliphatic heterocycles. The Balaban J connectivity index is 2.06. The summed E-state index contributed by atoms with van der Waals surface area (Å²) in [7, 11) is 1.56. The Morgan fingerprint density at radius 2 is 2.00 bits per heavy atom. The van der Waals surface area contributed by atoms with Gasteiger partial charge in [0.15, 0.2) is 12.4 Å². The molecule has 0 atom stereocenters. The topological polar surface area (TPSA) is 35.5 Å². The molecule has 0 bridgehead atoms. The van der Waals surface area contributed by atoms with Crippen LogP contribution in [0.5, 0.6) is 11.5 Å². The van der Waals surface area contributed by atoms with Crippen LogP contribution < -0.4 is 9.47 Å². The second kappa shape index (κ2) is 6.44. The van der Waals surface area contributed by atoms with Crippen molar-refractivity contribution in [1.82, 2.24) is 0 Å². The van der Waals surface area contributed by atoms with Crippen LogP contribution >= 0.6 is 11.6 Å². The van der Waals surface area contributed by atoms with Gasteiger partial charge in [0.05, 0.1) is 7.11 Å². The monoisotopic (exact) mass is 290 g/mol. The molecular weight excluding hydrogens is 276 g/mol. The molecule has 2 rings (SSSR count). The summed E-state index contributed by atoms with van der Waals surface area (Å²) < 4.78 is 10.6. The highest BCUT2D eigenvalue weighted by atomic mass is 35.5. The summed E-state index contributed by atoms with van der Waals surface area (Å²) in [4.78, 5) is 12.1. The number of hydrogen-bond acceptors (Lipinski definition) is 3. The molecule has 0 heterocycles. The molecule has 0 aliphatic carbocycles. The van der Waals surface area contributed by atoms with Crippen molar-refractivity contribution in [2.45, 2.75) is 6.92 Å². The second-order valence-corrected chi connectivity index (χ2v) is 4.79. The molecule has 0 spiro atoms. The highest BCUT2D eigenvalue weighted by Crippen LogP contribution is 2.22. The van der Waals surface area contributed by atoms with Crippen molar-refractivity contribution in [1.29, 1.82) is 0 Å². The number of rotatable bonds is 5. The van der Waals surface area contributed by atoms with Gasteiger partial charge in [-0.2, -0.15) is 0 Å². The Morgan fingerprint density at radius 1 is 1.20 bits per heavy atom. The van der Waals surface area contributed by atoms with Crippen molar-refractivity contribution in [2.24, 2.45) is 0 Å². The predicted molar refractivity (Wildman–Crippen MR) is 79.0 cm³/mol.